The Kier molecular flexibility index (Phi) is 5.52. The summed E-state index contributed by atoms with van der Waals surface area (Å²) in [6.07, 6.45) is 2.87. The Morgan fingerprint density at radius 1 is 1.03 bits per heavy atom. The summed E-state index contributed by atoms with van der Waals surface area (Å²) in [7, 11) is 0. The fourth-order valence-corrected chi connectivity index (χ4v) is 3.78. The number of carboxylic acids is 1. The maximum absolute atomic E-state index is 12.6. The number of carbonyl (C=O) groups excluding carboxylic acids is 2. The second-order valence-electron chi connectivity index (χ2n) is 7.44. The molecule has 4 rings (SSSR count). The van der Waals surface area contributed by atoms with Crippen molar-refractivity contribution in [1.29, 1.82) is 0 Å². The first-order chi connectivity index (χ1) is 14.5. The molecule has 3 aromatic rings. The highest BCUT2D eigenvalue weighted by molar-refractivity contribution is 5.94. The summed E-state index contributed by atoms with van der Waals surface area (Å²) in [5.74, 6) is -1.33. The van der Waals surface area contributed by atoms with Gasteiger partial charge in [-0.1, -0.05) is 18.2 Å². The van der Waals surface area contributed by atoms with Crippen molar-refractivity contribution in [3.63, 3.8) is 0 Å². The Labute approximate surface area is 173 Å². The molecule has 1 aromatic heterocycles. The van der Waals surface area contributed by atoms with Gasteiger partial charge in [0.25, 0.3) is 5.91 Å². The van der Waals surface area contributed by atoms with Crippen molar-refractivity contribution in [2.75, 3.05) is 13.1 Å². The fraction of sp³-hybridized carbons (Fsp3) is 0.261. The second kappa shape index (κ2) is 8.41. The summed E-state index contributed by atoms with van der Waals surface area (Å²) in [4.78, 5) is 40.8. The number of carboxylic acid groups (broad SMARTS) is 1. The van der Waals surface area contributed by atoms with Gasteiger partial charge in [0.05, 0.1) is 12.3 Å². The minimum atomic E-state index is -0.805. The van der Waals surface area contributed by atoms with Crippen LogP contribution in [0, 0.1) is 5.92 Å². The number of carbonyl (C=O) groups is 3. The number of hydrogen-bond acceptors (Lipinski definition) is 4. The van der Waals surface area contributed by atoms with Gasteiger partial charge in [0.15, 0.2) is 0 Å². The highest BCUT2D eigenvalue weighted by Crippen LogP contribution is 2.22. The standard InChI is InChI=1S/C23H22N2O5/c26-21(13-17-14-24-20-4-2-1-3-19(17)20)30-18-7-5-15(6-8-18)22(27)25-11-9-16(10-12-25)23(28)29/h1-8,14,16,24H,9-13H2,(H,28,29). The van der Waals surface area contributed by atoms with E-state index in [9.17, 15) is 14.4 Å². The monoisotopic (exact) mass is 406 g/mol. The van der Waals surface area contributed by atoms with Crippen molar-refractivity contribution < 1.29 is 24.2 Å². The molecule has 0 aliphatic carbocycles. The van der Waals surface area contributed by atoms with Crippen LogP contribution in [0.3, 0.4) is 0 Å². The molecule has 0 saturated carbocycles. The Balaban J connectivity index is 1.35. The molecule has 2 aromatic carbocycles. The average molecular weight is 406 g/mol. The molecule has 30 heavy (non-hydrogen) atoms. The molecule has 0 bridgehead atoms. The quantitative estimate of drug-likeness (QED) is 0.500. The molecule has 154 valence electrons. The maximum Gasteiger partial charge on any atom is 0.315 e. The molecule has 1 aliphatic heterocycles. The zero-order chi connectivity index (χ0) is 21.1. The van der Waals surface area contributed by atoms with Gasteiger partial charge in [-0.25, -0.2) is 0 Å². The molecule has 1 amide bonds. The number of nitrogens with zero attached hydrogens (tertiary/aromatic N) is 1. The minimum absolute atomic E-state index is 0.142. The Morgan fingerprint density at radius 3 is 2.43 bits per heavy atom. The zero-order valence-corrected chi connectivity index (χ0v) is 16.3. The SMILES string of the molecule is O=C(Cc1c[nH]c2ccccc12)Oc1ccc(C(=O)N2CCC(C(=O)O)CC2)cc1. The van der Waals surface area contributed by atoms with E-state index in [4.69, 9.17) is 9.84 Å². The topological polar surface area (TPSA) is 99.7 Å². The van der Waals surface area contributed by atoms with Crippen molar-refractivity contribution >= 4 is 28.7 Å². The lowest BCUT2D eigenvalue weighted by Crippen LogP contribution is -2.40. The summed E-state index contributed by atoms with van der Waals surface area (Å²) in [5, 5.41) is 10.1. The van der Waals surface area contributed by atoms with Gasteiger partial charge in [-0.05, 0) is 48.7 Å². The number of fused-ring (bicyclic) bond motifs is 1. The second-order valence-corrected chi connectivity index (χ2v) is 7.44. The first kappa shape index (κ1) is 19.7. The van der Waals surface area contributed by atoms with Crippen molar-refractivity contribution in [3.8, 4) is 5.75 Å². The van der Waals surface area contributed by atoms with Crippen LogP contribution in [-0.4, -0.2) is 45.9 Å². The van der Waals surface area contributed by atoms with Crippen LogP contribution < -0.4 is 4.74 Å². The third-order valence-corrected chi connectivity index (χ3v) is 5.47. The molecular weight excluding hydrogens is 384 g/mol. The van der Waals surface area contributed by atoms with Crippen LogP contribution >= 0.6 is 0 Å². The lowest BCUT2D eigenvalue weighted by Gasteiger charge is -2.30. The van der Waals surface area contributed by atoms with E-state index in [1.54, 1.807) is 35.4 Å². The molecule has 2 N–H and O–H groups in total. The Hall–Kier alpha value is -3.61. The fourth-order valence-electron chi connectivity index (χ4n) is 3.78. The number of aromatic nitrogens is 1. The summed E-state index contributed by atoms with van der Waals surface area (Å²) in [6.45, 7) is 0.855. The number of piperidine rings is 1. The highest BCUT2D eigenvalue weighted by Gasteiger charge is 2.27. The molecule has 2 heterocycles. The number of hydrogen-bond donors (Lipinski definition) is 2. The van der Waals surface area contributed by atoms with Crippen molar-refractivity contribution in [2.45, 2.75) is 19.3 Å². The lowest BCUT2D eigenvalue weighted by molar-refractivity contribution is -0.143. The van der Waals surface area contributed by atoms with Gasteiger partial charge in [-0.2, -0.15) is 0 Å². The number of ether oxygens (including phenoxy) is 1. The maximum atomic E-state index is 12.6. The van der Waals surface area contributed by atoms with Gasteiger partial charge in [-0.15, -0.1) is 0 Å². The summed E-state index contributed by atoms with van der Waals surface area (Å²) in [6, 6.07) is 14.2. The molecule has 1 fully saturated rings. The number of likely N-dealkylation sites (tertiary alicyclic amines) is 1. The number of para-hydroxylation sites is 1. The molecule has 0 atom stereocenters. The van der Waals surface area contributed by atoms with Crippen molar-refractivity contribution in [1.82, 2.24) is 9.88 Å². The number of esters is 1. The molecule has 1 aliphatic rings. The molecule has 0 unspecified atom stereocenters. The first-order valence-electron chi connectivity index (χ1n) is 9.89. The third kappa shape index (κ3) is 4.20. The number of amides is 1. The Morgan fingerprint density at radius 2 is 1.73 bits per heavy atom. The number of aromatic amines is 1. The van der Waals surface area contributed by atoms with Crippen LogP contribution in [0.15, 0.2) is 54.7 Å². The lowest BCUT2D eigenvalue weighted by atomic mass is 9.96. The normalized spacial score (nSPS) is 14.6. The summed E-state index contributed by atoms with van der Waals surface area (Å²) in [5.41, 5.74) is 2.32. The number of benzene rings is 2. The van der Waals surface area contributed by atoms with E-state index >= 15 is 0 Å². The molecule has 1 saturated heterocycles. The van der Waals surface area contributed by atoms with Crippen LogP contribution in [0.1, 0.15) is 28.8 Å². The molecule has 0 radical (unpaired) electrons. The predicted molar refractivity (Wildman–Crippen MR) is 110 cm³/mol. The number of nitrogens with one attached hydrogen (secondary N) is 1. The number of aliphatic carboxylic acids is 1. The number of H-pyrrole nitrogens is 1. The molecule has 0 spiro atoms. The van der Waals surface area contributed by atoms with Gasteiger partial charge in [0.1, 0.15) is 5.75 Å². The molecular formula is C23H22N2O5. The summed E-state index contributed by atoms with van der Waals surface area (Å²) < 4.78 is 5.41. The van der Waals surface area contributed by atoms with E-state index in [1.165, 1.54) is 0 Å². The largest absolute Gasteiger partial charge is 0.481 e. The van der Waals surface area contributed by atoms with Crippen LogP contribution in [0.4, 0.5) is 0 Å². The smallest absolute Gasteiger partial charge is 0.315 e. The van der Waals surface area contributed by atoms with Crippen LogP contribution in [0.5, 0.6) is 5.75 Å². The van der Waals surface area contributed by atoms with E-state index in [0.29, 0.717) is 37.2 Å². The van der Waals surface area contributed by atoms with E-state index < -0.39 is 5.97 Å². The average Bonchev–Trinajstić information content (AvgIpc) is 3.16. The van der Waals surface area contributed by atoms with E-state index in [0.717, 1.165) is 16.5 Å². The van der Waals surface area contributed by atoms with Gasteiger partial charge in [0.2, 0.25) is 0 Å². The van der Waals surface area contributed by atoms with Crippen molar-refractivity contribution in [2.24, 2.45) is 5.92 Å². The van der Waals surface area contributed by atoms with Crippen molar-refractivity contribution in [3.05, 3.63) is 65.9 Å². The van der Waals surface area contributed by atoms with Gasteiger partial charge < -0.3 is 19.7 Å². The minimum Gasteiger partial charge on any atom is -0.481 e. The van der Waals surface area contributed by atoms with Gasteiger partial charge in [0, 0.05) is 35.8 Å². The van der Waals surface area contributed by atoms with Gasteiger partial charge >= 0.3 is 11.9 Å². The van der Waals surface area contributed by atoms with Crippen LogP contribution in [-0.2, 0) is 16.0 Å². The number of rotatable bonds is 5. The predicted octanol–water partition coefficient (Wildman–Crippen LogP) is 3.25. The first-order valence-corrected chi connectivity index (χ1v) is 9.89. The van der Waals surface area contributed by atoms with Crippen LogP contribution in [0.2, 0.25) is 0 Å². The zero-order valence-electron chi connectivity index (χ0n) is 16.3. The van der Waals surface area contributed by atoms with Crippen LogP contribution in [0.25, 0.3) is 10.9 Å². The summed E-state index contributed by atoms with van der Waals surface area (Å²) >= 11 is 0. The van der Waals surface area contributed by atoms with E-state index in [1.807, 2.05) is 24.3 Å². The van der Waals surface area contributed by atoms with Gasteiger partial charge in [-0.3, -0.25) is 14.4 Å². The van der Waals surface area contributed by atoms with E-state index in [-0.39, 0.29) is 24.2 Å². The van der Waals surface area contributed by atoms with E-state index in [2.05, 4.69) is 4.98 Å². The third-order valence-electron chi connectivity index (χ3n) is 5.47. The molecule has 7 nitrogen and oxygen atoms in total. The Bertz CT molecular complexity index is 1080. The highest BCUT2D eigenvalue weighted by atomic mass is 16.5. The molecule has 7 heteroatoms.